The van der Waals surface area contributed by atoms with Gasteiger partial charge in [0, 0.05) is 29.1 Å². The lowest BCUT2D eigenvalue weighted by Gasteiger charge is -2.32. The molecule has 3 aromatic carbocycles. The highest BCUT2D eigenvalue weighted by Gasteiger charge is 2.31. The molecule has 0 unspecified atom stereocenters. The van der Waals surface area contributed by atoms with E-state index in [4.69, 9.17) is 27.9 Å². The lowest BCUT2D eigenvalue weighted by Crippen LogP contribution is -2.53. The van der Waals surface area contributed by atoms with Crippen LogP contribution in [-0.2, 0) is 22.6 Å². The number of ether oxygens (including phenoxy) is 1. The molecule has 2 amide bonds. The average Bonchev–Trinajstić information content (AvgIpc) is 2.87. The number of carbonyl (C=O) groups is 2. The van der Waals surface area contributed by atoms with Crippen LogP contribution in [0.2, 0.25) is 10.0 Å². The van der Waals surface area contributed by atoms with Crippen LogP contribution in [0.4, 0.5) is 4.39 Å². The highest BCUT2D eigenvalue weighted by atomic mass is 35.5. The van der Waals surface area contributed by atoms with Gasteiger partial charge in [-0.3, -0.25) is 9.59 Å². The minimum atomic E-state index is -0.822. The number of amides is 2. The van der Waals surface area contributed by atoms with Crippen LogP contribution in [0.1, 0.15) is 31.4 Å². The topological polar surface area (TPSA) is 58.6 Å². The second-order valence-electron chi connectivity index (χ2n) is 8.52. The quantitative estimate of drug-likeness (QED) is 0.327. The molecule has 0 aromatic heterocycles. The first-order chi connectivity index (χ1) is 17.3. The molecule has 0 saturated carbocycles. The first-order valence-electron chi connectivity index (χ1n) is 11.7. The number of carbonyl (C=O) groups excluding carboxylic acids is 2. The van der Waals surface area contributed by atoms with Gasteiger partial charge in [-0.25, -0.2) is 4.39 Å². The SMILES string of the molecule is CC[C@H](C)NC(=O)[C@H](Cc1ccccc1)N(Cc1ccc(Cl)cc1Cl)C(=O)COc1ccc(F)cc1. The first kappa shape index (κ1) is 27.5. The predicted molar refractivity (Wildman–Crippen MR) is 141 cm³/mol. The molecule has 0 spiro atoms. The number of hydrogen-bond donors (Lipinski definition) is 1. The summed E-state index contributed by atoms with van der Waals surface area (Å²) in [6.07, 6.45) is 1.05. The van der Waals surface area contributed by atoms with E-state index >= 15 is 0 Å². The summed E-state index contributed by atoms with van der Waals surface area (Å²) in [7, 11) is 0. The van der Waals surface area contributed by atoms with Crippen LogP contribution in [-0.4, -0.2) is 35.4 Å². The van der Waals surface area contributed by atoms with E-state index in [0.717, 1.165) is 12.0 Å². The minimum Gasteiger partial charge on any atom is -0.484 e. The molecule has 3 rings (SSSR count). The third-order valence-electron chi connectivity index (χ3n) is 5.80. The summed E-state index contributed by atoms with van der Waals surface area (Å²) in [5.74, 6) is -0.741. The number of nitrogens with zero attached hydrogens (tertiary/aromatic N) is 1. The molecule has 2 atom stereocenters. The summed E-state index contributed by atoms with van der Waals surface area (Å²) in [5.41, 5.74) is 1.55. The summed E-state index contributed by atoms with van der Waals surface area (Å²) < 4.78 is 18.9. The molecular weight excluding hydrogens is 502 g/mol. The van der Waals surface area contributed by atoms with Gasteiger partial charge in [-0.15, -0.1) is 0 Å². The highest BCUT2D eigenvalue weighted by Crippen LogP contribution is 2.24. The lowest BCUT2D eigenvalue weighted by molar-refractivity contribution is -0.143. The Balaban J connectivity index is 1.93. The zero-order valence-electron chi connectivity index (χ0n) is 20.2. The molecule has 0 saturated heterocycles. The van der Waals surface area contributed by atoms with Gasteiger partial charge in [0.15, 0.2) is 6.61 Å². The lowest BCUT2D eigenvalue weighted by atomic mass is 10.0. The molecule has 190 valence electrons. The third-order valence-corrected chi connectivity index (χ3v) is 6.39. The summed E-state index contributed by atoms with van der Waals surface area (Å²) in [6, 6.07) is 19.0. The number of benzene rings is 3. The van der Waals surface area contributed by atoms with Crippen LogP contribution in [0, 0.1) is 5.82 Å². The van der Waals surface area contributed by atoms with E-state index in [9.17, 15) is 14.0 Å². The summed E-state index contributed by atoms with van der Waals surface area (Å²) >= 11 is 12.5. The molecule has 5 nitrogen and oxygen atoms in total. The van der Waals surface area contributed by atoms with E-state index in [-0.39, 0.29) is 25.1 Å². The predicted octanol–water partition coefficient (Wildman–Crippen LogP) is 6.07. The Kier molecular flexibility index (Phi) is 10.1. The Labute approximate surface area is 221 Å². The maximum Gasteiger partial charge on any atom is 0.261 e. The van der Waals surface area contributed by atoms with Crippen molar-refractivity contribution in [3.63, 3.8) is 0 Å². The Morgan fingerprint density at radius 3 is 2.36 bits per heavy atom. The molecule has 36 heavy (non-hydrogen) atoms. The van der Waals surface area contributed by atoms with Gasteiger partial charge in [0.1, 0.15) is 17.6 Å². The monoisotopic (exact) mass is 530 g/mol. The van der Waals surface area contributed by atoms with Gasteiger partial charge in [-0.1, -0.05) is 66.5 Å². The van der Waals surface area contributed by atoms with Crippen molar-refractivity contribution in [1.82, 2.24) is 10.2 Å². The first-order valence-corrected chi connectivity index (χ1v) is 12.5. The highest BCUT2D eigenvalue weighted by molar-refractivity contribution is 6.35. The Hall–Kier alpha value is -3.09. The summed E-state index contributed by atoms with van der Waals surface area (Å²) in [5, 5.41) is 3.86. The number of hydrogen-bond acceptors (Lipinski definition) is 3. The zero-order chi connectivity index (χ0) is 26.1. The maximum absolute atomic E-state index is 13.5. The van der Waals surface area contributed by atoms with Gasteiger partial charge < -0.3 is 15.0 Å². The molecule has 8 heteroatoms. The molecule has 0 radical (unpaired) electrons. The molecule has 0 heterocycles. The maximum atomic E-state index is 13.5. The molecule has 0 aliphatic carbocycles. The fraction of sp³-hybridized carbons (Fsp3) is 0.286. The van der Waals surface area contributed by atoms with Gasteiger partial charge in [0.25, 0.3) is 5.91 Å². The second-order valence-corrected chi connectivity index (χ2v) is 9.37. The van der Waals surface area contributed by atoms with Crippen molar-refractivity contribution in [2.75, 3.05) is 6.61 Å². The fourth-order valence-corrected chi connectivity index (χ4v) is 4.06. The van der Waals surface area contributed by atoms with Gasteiger partial charge in [-0.2, -0.15) is 0 Å². The van der Waals surface area contributed by atoms with E-state index < -0.39 is 17.8 Å². The van der Waals surface area contributed by atoms with Crippen molar-refractivity contribution in [1.29, 1.82) is 0 Å². The molecule has 0 fully saturated rings. The third kappa shape index (κ3) is 7.97. The van der Waals surface area contributed by atoms with E-state index in [1.165, 1.54) is 29.2 Å². The van der Waals surface area contributed by atoms with Crippen LogP contribution in [0.5, 0.6) is 5.75 Å². The van der Waals surface area contributed by atoms with Crippen molar-refractivity contribution >= 4 is 35.0 Å². The van der Waals surface area contributed by atoms with Crippen LogP contribution >= 0.6 is 23.2 Å². The molecular formula is C28H29Cl2FN2O3. The van der Waals surface area contributed by atoms with Crippen LogP contribution in [0.25, 0.3) is 0 Å². The molecule has 3 aromatic rings. The fourth-order valence-electron chi connectivity index (χ4n) is 3.59. The number of halogens is 3. The van der Waals surface area contributed by atoms with Crippen molar-refractivity contribution in [2.24, 2.45) is 0 Å². The Morgan fingerprint density at radius 1 is 1.03 bits per heavy atom. The zero-order valence-corrected chi connectivity index (χ0v) is 21.7. The molecule has 1 N–H and O–H groups in total. The van der Waals surface area contributed by atoms with Gasteiger partial charge in [-0.05, 0) is 60.9 Å². The van der Waals surface area contributed by atoms with Gasteiger partial charge in [0.05, 0.1) is 0 Å². The standard InChI is InChI=1S/C28H29Cl2FN2O3/c1-3-19(2)32-28(35)26(15-20-7-5-4-6-8-20)33(17-21-9-10-22(29)16-25(21)30)27(34)18-36-24-13-11-23(31)12-14-24/h4-14,16,19,26H,3,15,17-18H2,1-2H3,(H,32,35)/t19-,26-/m0/s1. The van der Waals surface area contributed by atoms with E-state index in [1.54, 1.807) is 18.2 Å². The number of nitrogens with one attached hydrogen (secondary N) is 1. The number of rotatable bonds is 11. The molecule has 0 aliphatic heterocycles. The van der Waals surface area contributed by atoms with Crippen LogP contribution < -0.4 is 10.1 Å². The van der Waals surface area contributed by atoms with Crippen LogP contribution in [0.3, 0.4) is 0 Å². The van der Waals surface area contributed by atoms with Crippen LogP contribution in [0.15, 0.2) is 72.8 Å². The molecule has 0 bridgehead atoms. The van der Waals surface area contributed by atoms with Crippen molar-refractivity contribution < 1.29 is 18.7 Å². The van der Waals surface area contributed by atoms with E-state index in [0.29, 0.717) is 27.8 Å². The smallest absolute Gasteiger partial charge is 0.261 e. The van der Waals surface area contributed by atoms with Gasteiger partial charge in [0.2, 0.25) is 5.91 Å². The second kappa shape index (κ2) is 13.3. The van der Waals surface area contributed by atoms with Gasteiger partial charge >= 0.3 is 0 Å². The van der Waals surface area contributed by atoms with E-state index in [1.807, 2.05) is 44.2 Å². The summed E-state index contributed by atoms with van der Waals surface area (Å²) in [4.78, 5) is 28.5. The van der Waals surface area contributed by atoms with Crippen molar-refractivity contribution in [2.45, 2.75) is 45.3 Å². The Bertz CT molecular complexity index is 1160. The Morgan fingerprint density at radius 2 is 1.72 bits per heavy atom. The van der Waals surface area contributed by atoms with Crippen molar-refractivity contribution in [3.8, 4) is 5.75 Å². The average molecular weight is 531 g/mol. The molecule has 0 aliphatic rings. The normalized spacial score (nSPS) is 12.5. The van der Waals surface area contributed by atoms with E-state index in [2.05, 4.69) is 5.32 Å². The minimum absolute atomic E-state index is 0.0673. The summed E-state index contributed by atoms with van der Waals surface area (Å²) in [6.45, 7) is 3.63. The van der Waals surface area contributed by atoms with Crippen molar-refractivity contribution in [3.05, 3.63) is 99.8 Å². The largest absolute Gasteiger partial charge is 0.484 e.